The van der Waals surface area contributed by atoms with Crippen LogP contribution >= 0.6 is 11.6 Å². The lowest BCUT2D eigenvalue weighted by Gasteiger charge is -2.12. The van der Waals surface area contributed by atoms with Crippen LogP contribution in [-0.4, -0.2) is 16.4 Å². The van der Waals surface area contributed by atoms with Crippen LogP contribution in [0.25, 0.3) is 10.9 Å². The predicted octanol–water partition coefficient (Wildman–Crippen LogP) is 4.28. The quantitative estimate of drug-likeness (QED) is 0.717. The highest BCUT2D eigenvalue weighted by Gasteiger charge is 2.10. The van der Waals surface area contributed by atoms with Gasteiger partial charge in [-0.05, 0) is 35.7 Å². The molecule has 0 saturated carbocycles. The van der Waals surface area contributed by atoms with E-state index < -0.39 is 0 Å². The molecule has 3 rings (SSSR count). The topological polar surface area (TPSA) is 63.1 Å². The summed E-state index contributed by atoms with van der Waals surface area (Å²) in [6.07, 6.45) is 2.28. The molecule has 128 valence electrons. The van der Waals surface area contributed by atoms with Crippen molar-refractivity contribution >= 4 is 45.7 Å². The van der Waals surface area contributed by atoms with E-state index >= 15 is 0 Å². The highest BCUT2D eigenvalue weighted by atomic mass is 35.5. The summed E-state index contributed by atoms with van der Waals surface area (Å²) < 4.78 is 2.04. The molecule has 3 aromatic rings. The molecule has 0 radical (unpaired) electrons. The third-order valence-electron chi connectivity index (χ3n) is 3.83. The van der Waals surface area contributed by atoms with E-state index in [-0.39, 0.29) is 11.8 Å². The summed E-state index contributed by atoms with van der Waals surface area (Å²) >= 11 is 5.99. The molecule has 2 aromatic carbocycles. The molecular weight excluding hydrogens is 338 g/mol. The maximum atomic E-state index is 12.3. The number of hydrogen-bond donors (Lipinski definition) is 2. The summed E-state index contributed by atoms with van der Waals surface area (Å²) in [6, 6.07) is 15.0. The largest absolute Gasteiger partial charge is 0.347 e. The summed E-state index contributed by atoms with van der Waals surface area (Å²) in [4.78, 5) is 23.6. The second-order valence-electron chi connectivity index (χ2n) is 5.74. The number of amides is 2. The smallest absolute Gasteiger partial charge is 0.226 e. The molecule has 0 bridgehead atoms. The van der Waals surface area contributed by atoms with Gasteiger partial charge in [0.25, 0.3) is 0 Å². The first-order chi connectivity index (χ1) is 12.0. The van der Waals surface area contributed by atoms with Gasteiger partial charge in [0.05, 0.1) is 11.4 Å². The average molecular weight is 356 g/mol. The van der Waals surface area contributed by atoms with Crippen molar-refractivity contribution in [1.29, 1.82) is 0 Å². The molecule has 1 aromatic heterocycles. The molecule has 25 heavy (non-hydrogen) atoms. The van der Waals surface area contributed by atoms with Crippen molar-refractivity contribution < 1.29 is 9.59 Å². The molecule has 1 heterocycles. The van der Waals surface area contributed by atoms with Crippen LogP contribution in [0.1, 0.15) is 13.3 Å². The third kappa shape index (κ3) is 4.19. The third-order valence-corrected chi connectivity index (χ3v) is 4.06. The van der Waals surface area contributed by atoms with Gasteiger partial charge in [-0.1, -0.05) is 29.8 Å². The number of anilines is 2. The molecule has 0 aliphatic heterocycles. The van der Waals surface area contributed by atoms with E-state index in [4.69, 9.17) is 11.6 Å². The SMILES string of the molecule is CC(=O)Nc1ccc(Cl)cc1NC(=O)CCn1ccc2ccccc21. The van der Waals surface area contributed by atoms with Gasteiger partial charge in [0.2, 0.25) is 11.8 Å². The summed E-state index contributed by atoms with van der Waals surface area (Å²) in [6.45, 7) is 1.98. The molecule has 2 N–H and O–H groups in total. The van der Waals surface area contributed by atoms with E-state index in [1.165, 1.54) is 6.92 Å². The lowest BCUT2D eigenvalue weighted by atomic mass is 10.2. The number of aryl methyl sites for hydroxylation is 1. The number of halogens is 1. The van der Waals surface area contributed by atoms with Gasteiger partial charge < -0.3 is 15.2 Å². The van der Waals surface area contributed by atoms with Gasteiger partial charge in [0, 0.05) is 36.6 Å². The first-order valence-electron chi connectivity index (χ1n) is 7.94. The monoisotopic (exact) mass is 355 g/mol. The van der Waals surface area contributed by atoms with Gasteiger partial charge in [-0.15, -0.1) is 0 Å². The van der Waals surface area contributed by atoms with E-state index in [1.54, 1.807) is 18.2 Å². The van der Waals surface area contributed by atoms with E-state index in [9.17, 15) is 9.59 Å². The molecule has 5 nitrogen and oxygen atoms in total. The Kier molecular flexibility index (Phi) is 5.05. The minimum atomic E-state index is -0.211. The molecule has 0 spiro atoms. The average Bonchev–Trinajstić information content (AvgIpc) is 2.98. The van der Waals surface area contributed by atoms with Gasteiger partial charge >= 0.3 is 0 Å². The summed E-state index contributed by atoms with van der Waals surface area (Å²) in [5, 5.41) is 7.13. The second-order valence-corrected chi connectivity index (χ2v) is 6.17. The molecule has 0 saturated heterocycles. The van der Waals surface area contributed by atoms with Crippen LogP contribution in [-0.2, 0) is 16.1 Å². The van der Waals surface area contributed by atoms with Crippen LogP contribution < -0.4 is 10.6 Å². The maximum Gasteiger partial charge on any atom is 0.226 e. The van der Waals surface area contributed by atoms with Crippen molar-refractivity contribution in [3.8, 4) is 0 Å². The van der Waals surface area contributed by atoms with E-state index in [2.05, 4.69) is 10.6 Å². The number of para-hydroxylation sites is 1. The van der Waals surface area contributed by atoms with Gasteiger partial charge in [0.1, 0.15) is 0 Å². The zero-order valence-corrected chi connectivity index (χ0v) is 14.5. The second kappa shape index (κ2) is 7.40. The van der Waals surface area contributed by atoms with Crippen LogP contribution in [0.5, 0.6) is 0 Å². The van der Waals surface area contributed by atoms with E-state index in [1.807, 2.05) is 41.1 Å². The first kappa shape index (κ1) is 17.0. The van der Waals surface area contributed by atoms with Crippen molar-refractivity contribution in [3.63, 3.8) is 0 Å². The van der Waals surface area contributed by atoms with Crippen molar-refractivity contribution in [3.05, 3.63) is 59.8 Å². The fraction of sp³-hybridized carbons (Fsp3) is 0.158. The van der Waals surface area contributed by atoms with Crippen LogP contribution in [0.2, 0.25) is 5.02 Å². The Morgan fingerprint density at radius 2 is 1.84 bits per heavy atom. The molecule has 0 aliphatic rings. The minimum absolute atomic E-state index is 0.147. The molecule has 0 atom stereocenters. The number of hydrogen-bond acceptors (Lipinski definition) is 2. The van der Waals surface area contributed by atoms with Crippen molar-refractivity contribution in [2.45, 2.75) is 19.9 Å². The standard InChI is InChI=1S/C19H18ClN3O2/c1-13(24)21-16-7-6-15(20)12-17(16)22-19(25)9-11-23-10-8-14-4-2-3-5-18(14)23/h2-8,10,12H,9,11H2,1H3,(H,21,24)(H,22,25). The number of carbonyl (C=O) groups excluding carboxylic acids is 2. The molecule has 0 unspecified atom stereocenters. The van der Waals surface area contributed by atoms with Crippen LogP contribution in [0.3, 0.4) is 0 Å². The zero-order chi connectivity index (χ0) is 17.8. The lowest BCUT2D eigenvalue weighted by Crippen LogP contribution is -2.16. The Hall–Kier alpha value is -2.79. The zero-order valence-electron chi connectivity index (χ0n) is 13.8. The van der Waals surface area contributed by atoms with Crippen molar-refractivity contribution in [2.24, 2.45) is 0 Å². The first-order valence-corrected chi connectivity index (χ1v) is 8.31. The normalized spacial score (nSPS) is 10.6. The Morgan fingerprint density at radius 3 is 2.64 bits per heavy atom. The predicted molar refractivity (Wildman–Crippen MR) is 101 cm³/mol. The van der Waals surface area contributed by atoms with Gasteiger partial charge in [-0.3, -0.25) is 9.59 Å². The molecule has 6 heteroatoms. The number of rotatable bonds is 5. The summed E-state index contributed by atoms with van der Waals surface area (Å²) in [5.41, 5.74) is 2.11. The lowest BCUT2D eigenvalue weighted by molar-refractivity contribution is -0.116. The number of fused-ring (bicyclic) bond motifs is 1. The molecule has 0 aliphatic carbocycles. The van der Waals surface area contributed by atoms with Crippen LogP contribution in [0.15, 0.2) is 54.7 Å². The Balaban J connectivity index is 1.68. The highest BCUT2D eigenvalue weighted by Crippen LogP contribution is 2.26. The van der Waals surface area contributed by atoms with Crippen molar-refractivity contribution in [2.75, 3.05) is 10.6 Å². The Bertz CT molecular complexity index is 933. The van der Waals surface area contributed by atoms with Gasteiger partial charge in [-0.25, -0.2) is 0 Å². The van der Waals surface area contributed by atoms with Gasteiger partial charge in [-0.2, -0.15) is 0 Å². The number of carbonyl (C=O) groups is 2. The Labute approximate surface area is 150 Å². The van der Waals surface area contributed by atoms with Crippen LogP contribution in [0.4, 0.5) is 11.4 Å². The summed E-state index contributed by atoms with van der Waals surface area (Å²) in [7, 11) is 0. The fourth-order valence-electron chi connectivity index (χ4n) is 2.69. The number of nitrogens with zero attached hydrogens (tertiary/aromatic N) is 1. The molecule has 2 amide bonds. The summed E-state index contributed by atoms with van der Waals surface area (Å²) in [5.74, 6) is -0.358. The maximum absolute atomic E-state index is 12.3. The van der Waals surface area contributed by atoms with Crippen molar-refractivity contribution in [1.82, 2.24) is 4.57 Å². The number of nitrogens with one attached hydrogen (secondary N) is 2. The van der Waals surface area contributed by atoms with Crippen LogP contribution in [0, 0.1) is 0 Å². The minimum Gasteiger partial charge on any atom is -0.347 e. The highest BCUT2D eigenvalue weighted by molar-refractivity contribution is 6.31. The number of benzene rings is 2. The Morgan fingerprint density at radius 1 is 1.04 bits per heavy atom. The molecular formula is C19H18ClN3O2. The fourth-order valence-corrected chi connectivity index (χ4v) is 2.86. The molecule has 0 fully saturated rings. The number of aromatic nitrogens is 1. The van der Waals surface area contributed by atoms with E-state index in [0.29, 0.717) is 29.4 Å². The van der Waals surface area contributed by atoms with E-state index in [0.717, 1.165) is 10.9 Å². The van der Waals surface area contributed by atoms with Gasteiger partial charge in [0.15, 0.2) is 0 Å².